The predicted molar refractivity (Wildman–Crippen MR) is 116 cm³/mol. The number of H-pyrrole nitrogens is 1. The van der Waals surface area contributed by atoms with Crippen molar-refractivity contribution in [2.45, 2.75) is 12.5 Å². The van der Waals surface area contributed by atoms with E-state index >= 15 is 0 Å². The van der Waals surface area contributed by atoms with Crippen LogP contribution in [0.5, 0.6) is 5.75 Å². The average molecular weight is 427 g/mol. The number of hydrogen-bond donors (Lipinski definition) is 2. The van der Waals surface area contributed by atoms with Crippen LogP contribution >= 0.6 is 0 Å². The highest BCUT2D eigenvalue weighted by atomic mass is 19.1. The third-order valence-corrected chi connectivity index (χ3v) is 5.35. The summed E-state index contributed by atoms with van der Waals surface area (Å²) in [5.41, 5.74) is 2.98. The molecule has 158 valence electrons. The number of nitrogens with one attached hydrogen (secondary N) is 1. The quantitative estimate of drug-likeness (QED) is 0.508. The molecular formula is C24H18FN5O2. The van der Waals surface area contributed by atoms with Crippen LogP contribution in [-0.2, 0) is 0 Å². The molecule has 0 saturated carbocycles. The number of aromatic nitrogens is 3. The first kappa shape index (κ1) is 19.6. The SMILES string of the molecule is O=C(c1cc(-c2ccccc2)n[nH]1)N1N=C(c2cccnc2)CC1c1c(O)cccc1F. The van der Waals surface area contributed by atoms with Crippen molar-refractivity contribution in [3.8, 4) is 17.0 Å². The maximum absolute atomic E-state index is 14.7. The summed E-state index contributed by atoms with van der Waals surface area (Å²) in [4.78, 5) is 17.5. The molecule has 0 spiro atoms. The number of phenolic OH excluding ortho intramolecular Hbond substituents is 1. The number of nitrogens with zero attached hydrogens (tertiary/aromatic N) is 4. The van der Waals surface area contributed by atoms with Crippen LogP contribution in [0.2, 0.25) is 0 Å². The molecule has 2 aromatic carbocycles. The van der Waals surface area contributed by atoms with Gasteiger partial charge in [-0.1, -0.05) is 42.5 Å². The first-order valence-electron chi connectivity index (χ1n) is 10.0. The van der Waals surface area contributed by atoms with Gasteiger partial charge in [0.1, 0.15) is 17.3 Å². The highest BCUT2D eigenvalue weighted by Gasteiger charge is 2.37. The molecule has 7 nitrogen and oxygen atoms in total. The zero-order chi connectivity index (χ0) is 22.1. The number of aromatic hydroxyl groups is 1. The van der Waals surface area contributed by atoms with Gasteiger partial charge in [-0.25, -0.2) is 9.40 Å². The maximum Gasteiger partial charge on any atom is 0.292 e. The van der Waals surface area contributed by atoms with Gasteiger partial charge in [0.15, 0.2) is 0 Å². The minimum Gasteiger partial charge on any atom is -0.507 e. The van der Waals surface area contributed by atoms with Crippen molar-refractivity contribution in [1.29, 1.82) is 0 Å². The zero-order valence-corrected chi connectivity index (χ0v) is 16.8. The number of carbonyl (C=O) groups is 1. The number of hydrazone groups is 1. The van der Waals surface area contributed by atoms with Crippen molar-refractivity contribution < 1.29 is 14.3 Å². The number of halogens is 1. The molecule has 0 fully saturated rings. The molecule has 0 saturated heterocycles. The summed E-state index contributed by atoms with van der Waals surface area (Å²) in [6.45, 7) is 0. The van der Waals surface area contributed by atoms with Crippen molar-refractivity contribution in [2.75, 3.05) is 0 Å². The standard InChI is InChI=1S/C24H18FN5O2/c25-17-9-4-10-22(31)23(17)21-13-19(16-8-5-11-26-14-16)29-30(21)24(32)20-12-18(27-28-20)15-6-2-1-3-7-15/h1-12,14,21,31H,13H2,(H,27,28). The van der Waals surface area contributed by atoms with Crippen LogP contribution < -0.4 is 0 Å². The summed E-state index contributed by atoms with van der Waals surface area (Å²) in [5.74, 6) is -1.32. The lowest BCUT2D eigenvalue weighted by Crippen LogP contribution is -2.28. The molecular weight excluding hydrogens is 409 g/mol. The van der Waals surface area contributed by atoms with Gasteiger partial charge >= 0.3 is 0 Å². The molecule has 1 atom stereocenters. The Bertz CT molecular complexity index is 1280. The highest BCUT2D eigenvalue weighted by Crippen LogP contribution is 2.39. The molecule has 5 rings (SSSR count). The smallest absolute Gasteiger partial charge is 0.292 e. The van der Waals surface area contributed by atoms with E-state index in [1.165, 1.54) is 23.2 Å². The molecule has 1 unspecified atom stereocenters. The fourth-order valence-corrected chi connectivity index (χ4v) is 3.80. The Hall–Kier alpha value is -4.33. The van der Waals surface area contributed by atoms with Gasteiger partial charge in [0.2, 0.25) is 0 Å². The monoisotopic (exact) mass is 427 g/mol. The van der Waals surface area contributed by atoms with Gasteiger partial charge in [-0.2, -0.15) is 10.2 Å². The van der Waals surface area contributed by atoms with Gasteiger partial charge in [-0.3, -0.25) is 14.9 Å². The topological polar surface area (TPSA) is 94.5 Å². The van der Waals surface area contributed by atoms with Crippen LogP contribution in [0.25, 0.3) is 11.3 Å². The normalized spacial score (nSPS) is 15.6. The lowest BCUT2D eigenvalue weighted by Gasteiger charge is -2.22. The number of rotatable bonds is 4. The van der Waals surface area contributed by atoms with Crippen molar-refractivity contribution in [2.24, 2.45) is 5.10 Å². The van der Waals surface area contributed by atoms with E-state index in [9.17, 15) is 14.3 Å². The second kappa shape index (κ2) is 8.07. The summed E-state index contributed by atoms with van der Waals surface area (Å²) < 4.78 is 14.7. The Morgan fingerprint density at radius 2 is 1.88 bits per heavy atom. The molecule has 1 aliphatic heterocycles. The lowest BCUT2D eigenvalue weighted by molar-refractivity contribution is 0.0701. The van der Waals surface area contributed by atoms with Gasteiger partial charge in [0.25, 0.3) is 5.91 Å². The van der Waals surface area contributed by atoms with Crippen LogP contribution in [0.15, 0.2) is 84.2 Å². The summed E-state index contributed by atoms with van der Waals surface area (Å²) in [6, 6.07) is 17.9. The van der Waals surface area contributed by atoms with Gasteiger partial charge in [0.05, 0.1) is 23.0 Å². The Morgan fingerprint density at radius 1 is 1.06 bits per heavy atom. The molecule has 0 aliphatic carbocycles. The number of hydrogen-bond acceptors (Lipinski definition) is 5. The minimum atomic E-state index is -0.817. The highest BCUT2D eigenvalue weighted by molar-refractivity contribution is 6.04. The third-order valence-electron chi connectivity index (χ3n) is 5.35. The fraction of sp³-hybridized carbons (Fsp3) is 0.0833. The fourth-order valence-electron chi connectivity index (χ4n) is 3.80. The first-order chi connectivity index (χ1) is 15.6. The van der Waals surface area contributed by atoms with E-state index < -0.39 is 17.8 Å². The van der Waals surface area contributed by atoms with Crippen LogP contribution in [0.1, 0.15) is 34.1 Å². The summed E-state index contributed by atoms with van der Waals surface area (Å²) >= 11 is 0. The van der Waals surface area contributed by atoms with E-state index in [-0.39, 0.29) is 23.4 Å². The number of aromatic amines is 1. The van der Waals surface area contributed by atoms with Crippen LogP contribution in [0.4, 0.5) is 4.39 Å². The van der Waals surface area contributed by atoms with Gasteiger partial charge in [0, 0.05) is 29.9 Å². The molecule has 2 aromatic heterocycles. The molecule has 0 radical (unpaired) electrons. The Morgan fingerprint density at radius 3 is 2.62 bits per heavy atom. The van der Waals surface area contributed by atoms with Crippen LogP contribution in [0.3, 0.4) is 0 Å². The first-order valence-corrected chi connectivity index (χ1v) is 10.0. The van der Waals surface area contributed by atoms with Crippen molar-refractivity contribution >= 4 is 11.6 Å². The number of amides is 1. The predicted octanol–water partition coefficient (Wildman–Crippen LogP) is 4.31. The molecule has 32 heavy (non-hydrogen) atoms. The largest absolute Gasteiger partial charge is 0.507 e. The maximum atomic E-state index is 14.7. The van der Waals surface area contributed by atoms with E-state index in [0.717, 1.165) is 11.1 Å². The Labute approximate surface area is 182 Å². The van der Waals surface area contributed by atoms with Gasteiger partial charge in [-0.15, -0.1) is 0 Å². The van der Waals surface area contributed by atoms with E-state index in [1.54, 1.807) is 24.5 Å². The molecule has 0 bridgehead atoms. The van der Waals surface area contributed by atoms with Crippen molar-refractivity contribution in [1.82, 2.24) is 20.2 Å². The number of carbonyl (C=O) groups excluding carboxylic acids is 1. The third kappa shape index (κ3) is 3.51. The Balaban J connectivity index is 1.54. The second-order valence-electron chi connectivity index (χ2n) is 7.36. The van der Waals surface area contributed by atoms with E-state index in [1.807, 2.05) is 36.4 Å². The molecule has 4 aromatic rings. The van der Waals surface area contributed by atoms with Crippen LogP contribution in [0, 0.1) is 5.82 Å². The van der Waals surface area contributed by atoms with E-state index in [4.69, 9.17) is 0 Å². The van der Waals surface area contributed by atoms with Gasteiger partial charge < -0.3 is 5.11 Å². The second-order valence-corrected chi connectivity index (χ2v) is 7.36. The van der Waals surface area contributed by atoms with Gasteiger partial charge in [-0.05, 0) is 24.3 Å². The number of pyridine rings is 1. The molecule has 1 amide bonds. The van der Waals surface area contributed by atoms with E-state index in [2.05, 4.69) is 20.3 Å². The summed E-state index contributed by atoms with van der Waals surface area (Å²) in [5, 5.41) is 23.1. The average Bonchev–Trinajstić information content (AvgIpc) is 3.48. The molecule has 8 heteroatoms. The number of benzene rings is 2. The van der Waals surface area contributed by atoms with Crippen LogP contribution in [-0.4, -0.2) is 36.9 Å². The zero-order valence-electron chi connectivity index (χ0n) is 16.8. The van der Waals surface area contributed by atoms with E-state index in [0.29, 0.717) is 11.4 Å². The van der Waals surface area contributed by atoms with Crippen molar-refractivity contribution in [3.05, 3.63) is 102 Å². The molecule has 3 heterocycles. The van der Waals surface area contributed by atoms with Crippen molar-refractivity contribution in [3.63, 3.8) is 0 Å². The lowest BCUT2D eigenvalue weighted by atomic mass is 9.97. The minimum absolute atomic E-state index is 0.0197. The molecule has 1 aliphatic rings. The molecule has 2 N–H and O–H groups in total. The number of phenols is 1. The summed E-state index contributed by atoms with van der Waals surface area (Å²) in [7, 11) is 0. The summed E-state index contributed by atoms with van der Waals surface area (Å²) in [6.07, 6.45) is 3.50. The Kier molecular flexibility index (Phi) is 4.95.